The lowest BCUT2D eigenvalue weighted by Crippen LogP contribution is -2.13. The molecule has 0 saturated heterocycles. The van der Waals surface area contributed by atoms with Crippen molar-refractivity contribution >= 4 is 21.4 Å². The Kier molecular flexibility index (Phi) is 3.72. The van der Waals surface area contributed by atoms with Crippen LogP contribution in [0.3, 0.4) is 0 Å². The van der Waals surface area contributed by atoms with E-state index in [1.54, 1.807) is 18.5 Å². The van der Waals surface area contributed by atoms with E-state index in [9.17, 15) is 8.42 Å². The van der Waals surface area contributed by atoms with Crippen LogP contribution in [-0.4, -0.2) is 24.9 Å². The topological polar surface area (TPSA) is 127 Å². The lowest BCUT2D eigenvalue weighted by molar-refractivity contribution is 0.598. The van der Waals surface area contributed by atoms with Crippen LogP contribution in [0.25, 0.3) is 0 Å². The van der Waals surface area contributed by atoms with Gasteiger partial charge in [0.2, 0.25) is 10.0 Å². The molecule has 1 heterocycles. The van der Waals surface area contributed by atoms with Gasteiger partial charge in [-0.15, -0.1) is 0 Å². The quantitative estimate of drug-likeness (QED) is 0.586. The number of sulfonamides is 1. The molecule has 0 saturated carbocycles. The summed E-state index contributed by atoms with van der Waals surface area (Å²) < 4.78 is 22.6. The maximum atomic E-state index is 11.3. The number of hydrogen-bond donors (Lipinski definition) is 4. The first-order valence-electron chi connectivity index (χ1n) is 5.60. The van der Waals surface area contributed by atoms with Gasteiger partial charge in [-0.3, -0.25) is 0 Å². The van der Waals surface area contributed by atoms with Crippen LogP contribution in [0.1, 0.15) is 5.82 Å². The van der Waals surface area contributed by atoms with E-state index in [4.69, 9.17) is 10.9 Å². The van der Waals surface area contributed by atoms with Crippen molar-refractivity contribution in [1.82, 2.24) is 9.97 Å². The minimum Gasteiger partial charge on any atom is -0.399 e. The zero-order chi connectivity index (χ0) is 13.9. The second-order valence-electron chi connectivity index (χ2n) is 4.05. The minimum absolute atomic E-state index is 0.00648. The van der Waals surface area contributed by atoms with Gasteiger partial charge in [-0.2, -0.15) is 0 Å². The van der Waals surface area contributed by atoms with Crippen LogP contribution in [0, 0.1) is 0 Å². The van der Waals surface area contributed by atoms with Gasteiger partial charge in [0, 0.05) is 36.7 Å². The van der Waals surface area contributed by atoms with Crippen molar-refractivity contribution in [2.75, 3.05) is 17.6 Å². The van der Waals surface area contributed by atoms with Crippen molar-refractivity contribution in [1.29, 1.82) is 0 Å². The van der Waals surface area contributed by atoms with Crippen LogP contribution in [0.4, 0.5) is 11.4 Å². The van der Waals surface area contributed by atoms with Gasteiger partial charge >= 0.3 is 0 Å². The van der Waals surface area contributed by atoms with Gasteiger partial charge in [-0.1, -0.05) is 0 Å². The number of hydrogen-bond acceptors (Lipinski definition) is 5. The first-order chi connectivity index (χ1) is 8.95. The highest BCUT2D eigenvalue weighted by molar-refractivity contribution is 7.89. The Hall–Kier alpha value is -2.06. The van der Waals surface area contributed by atoms with E-state index < -0.39 is 10.0 Å². The first kappa shape index (κ1) is 13.4. The number of aromatic amines is 1. The van der Waals surface area contributed by atoms with Crippen molar-refractivity contribution < 1.29 is 8.42 Å². The Morgan fingerprint density at radius 1 is 1.32 bits per heavy atom. The van der Waals surface area contributed by atoms with E-state index >= 15 is 0 Å². The molecule has 0 amide bonds. The van der Waals surface area contributed by atoms with E-state index in [2.05, 4.69) is 15.3 Å². The van der Waals surface area contributed by atoms with Crippen LogP contribution in [0.15, 0.2) is 35.5 Å². The summed E-state index contributed by atoms with van der Waals surface area (Å²) in [5.41, 5.74) is 6.59. The van der Waals surface area contributed by atoms with Crippen LogP contribution in [0.5, 0.6) is 0 Å². The number of primary sulfonamides is 1. The molecule has 8 heteroatoms. The van der Waals surface area contributed by atoms with Crippen molar-refractivity contribution in [3.63, 3.8) is 0 Å². The molecule has 0 radical (unpaired) electrons. The Morgan fingerprint density at radius 3 is 2.74 bits per heavy atom. The van der Waals surface area contributed by atoms with Gasteiger partial charge < -0.3 is 16.0 Å². The molecule has 2 rings (SSSR count). The normalized spacial score (nSPS) is 11.4. The summed E-state index contributed by atoms with van der Waals surface area (Å²) in [5.74, 6) is 0.850. The molecule has 0 aliphatic rings. The zero-order valence-electron chi connectivity index (χ0n) is 10.1. The number of rotatable bonds is 5. The number of anilines is 2. The Morgan fingerprint density at radius 2 is 2.11 bits per heavy atom. The van der Waals surface area contributed by atoms with Crippen molar-refractivity contribution in [2.24, 2.45) is 5.14 Å². The van der Waals surface area contributed by atoms with Crippen LogP contribution in [-0.2, 0) is 16.4 Å². The standard InChI is InChI=1S/C11H15N5O2S/c12-8-5-9(7-10(6-8)19(13,17)18)14-2-1-11-15-3-4-16-11/h3-7,14H,1-2,12H2,(H,15,16)(H2,13,17,18). The largest absolute Gasteiger partial charge is 0.399 e. The average Bonchev–Trinajstić information content (AvgIpc) is 2.80. The van der Waals surface area contributed by atoms with Gasteiger partial charge in [-0.05, 0) is 18.2 Å². The van der Waals surface area contributed by atoms with Gasteiger partial charge in [0.1, 0.15) is 5.82 Å². The smallest absolute Gasteiger partial charge is 0.238 e. The fourth-order valence-electron chi connectivity index (χ4n) is 1.65. The van der Waals surface area contributed by atoms with Crippen molar-refractivity contribution in [3.05, 3.63) is 36.4 Å². The molecule has 0 aliphatic carbocycles. The molecule has 102 valence electrons. The highest BCUT2D eigenvalue weighted by Gasteiger charge is 2.09. The number of nitrogens with two attached hydrogens (primary N) is 2. The van der Waals surface area contributed by atoms with Gasteiger partial charge in [-0.25, -0.2) is 18.5 Å². The third-order valence-electron chi connectivity index (χ3n) is 2.50. The highest BCUT2D eigenvalue weighted by Crippen LogP contribution is 2.19. The summed E-state index contributed by atoms with van der Waals surface area (Å²) >= 11 is 0. The molecule has 1 aromatic carbocycles. The molecule has 2 aromatic rings. The number of nitrogens with zero attached hydrogens (tertiary/aromatic N) is 1. The molecule has 6 N–H and O–H groups in total. The van der Waals surface area contributed by atoms with Gasteiger partial charge in [0.05, 0.1) is 4.90 Å². The molecule has 1 aromatic heterocycles. The summed E-state index contributed by atoms with van der Waals surface area (Å²) in [6.45, 7) is 0.598. The van der Waals surface area contributed by atoms with Crippen LogP contribution >= 0.6 is 0 Å². The molecular formula is C11H15N5O2S. The summed E-state index contributed by atoms with van der Waals surface area (Å²) in [6.07, 6.45) is 4.11. The third kappa shape index (κ3) is 3.70. The average molecular weight is 281 g/mol. The van der Waals surface area contributed by atoms with Gasteiger partial charge in [0.15, 0.2) is 0 Å². The summed E-state index contributed by atoms with van der Waals surface area (Å²) in [4.78, 5) is 7.06. The molecule has 0 aliphatic heterocycles. The lowest BCUT2D eigenvalue weighted by atomic mass is 10.2. The fourth-order valence-corrected chi connectivity index (χ4v) is 2.24. The number of imidazole rings is 1. The summed E-state index contributed by atoms with van der Waals surface area (Å²) in [5, 5.41) is 8.15. The molecule has 19 heavy (non-hydrogen) atoms. The molecule has 0 bridgehead atoms. The number of nitrogen functional groups attached to an aromatic ring is 1. The first-order valence-corrected chi connectivity index (χ1v) is 7.15. The molecule has 0 unspecified atom stereocenters. The SMILES string of the molecule is Nc1cc(NCCc2ncc[nH]2)cc(S(N)(=O)=O)c1. The third-order valence-corrected chi connectivity index (χ3v) is 3.40. The second-order valence-corrected chi connectivity index (χ2v) is 5.61. The predicted octanol–water partition coefficient (Wildman–Crippen LogP) is 0.294. The Bertz CT molecular complexity index is 652. The Labute approximate surface area is 111 Å². The maximum Gasteiger partial charge on any atom is 0.238 e. The van der Waals surface area contributed by atoms with E-state index in [1.165, 1.54) is 12.1 Å². The van der Waals surface area contributed by atoms with Crippen molar-refractivity contribution in [3.8, 4) is 0 Å². The molecule has 0 atom stereocenters. The second kappa shape index (κ2) is 5.29. The zero-order valence-corrected chi connectivity index (χ0v) is 10.9. The van der Waals surface area contributed by atoms with Gasteiger partial charge in [0.25, 0.3) is 0 Å². The highest BCUT2D eigenvalue weighted by atomic mass is 32.2. The molecule has 7 nitrogen and oxygen atoms in total. The van der Waals surface area contributed by atoms with E-state index in [1.807, 2.05) is 0 Å². The molecular weight excluding hydrogens is 266 g/mol. The Balaban J connectivity index is 2.06. The maximum absolute atomic E-state index is 11.3. The number of nitrogens with one attached hydrogen (secondary N) is 2. The monoisotopic (exact) mass is 281 g/mol. The minimum atomic E-state index is -3.75. The van der Waals surface area contributed by atoms with E-state index in [-0.39, 0.29) is 4.90 Å². The van der Waals surface area contributed by atoms with E-state index in [0.717, 1.165) is 5.82 Å². The summed E-state index contributed by atoms with van der Waals surface area (Å²) in [7, 11) is -3.75. The fraction of sp³-hybridized carbons (Fsp3) is 0.182. The van der Waals surface area contributed by atoms with Crippen LogP contribution < -0.4 is 16.2 Å². The van der Waals surface area contributed by atoms with E-state index in [0.29, 0.717) is 24.3 Å². The van der Waals surface area contributed by atoms with Crippen molar-refractivity contribution in [2.45, 2.75) is 11.3 Å². The van der Waals surface area contributed by atoms with Crippen LogP contribution in [0.2, 0.25) is 0 Å². The predicted molar refractivity (Wildman–Crippen MR) is 73.0 cm³/mol. The molecule has 0 spiro atoms. The number of aromatic nitrogens is 2. The number of benzene rings is 1. The number of H-pyrrole nitrogens is 1. The summed E-state index contributed by atoms with van der Waals surface area (Å²) in [6, 6.07) is 4.43. The molecule has 0 fully saturated rings. The lowest BCUT2D eigenvalue weighted by Gasteiger charge is -2.08.